The first kappa shape index (κ1) is 21.0. The molecule has 1 amide bonds. The number of fused-ring (bicyclic) bond motifs is 1. The van der Waals surface area contributed by atoms with Crippen LogP contribution in [0.5, 0.6) is 0 Å². The van der Waals surface area contributed by atoms with Crippen molar-refractivity contribution >= 4 is 33.3 Å². The molecule has 0 aliphatic rings. The molecule has 0 spiro atoms. The first-order valence-electron chi connectivity index (χ1n) is 9.30. The Balaban J connectivity index is 1.28. The topological polar surface area (TPSA) is 66.9 Å². The fourth-order valence-corrected chi connectivity index (χ4v) is 3.72. The van der Waals surface area contributed by atoms with E-state index >= 15 is 0 Å². The number of pyridine rings is 1. The fraction of sp³-hybridized carbons (Fsp3) is 0.350. The molecule has 0 saturated heterocycles. The van der Waals surface area contributed by atoms with Crippen molar-refractivity contribution in [3.05, 3.63) is 53.2 Å². The van der Waals surface area contributed by atoms with Crippen molar-refractivity contribution in [1.82, 2.24) is 15.3 Å². The third-order valence-corrected chi connectivity index (χ3v) is 5.30. The molecular formula is C20H21F3N4OS. The van der Waals surface area contributed by atoms with E-state index in [1.807, 2.05) is 24.3 Å². The van der Waals surface area contributed by atoms with E-state index in [9.17, 15) is 18.0 Å². The number of nitrogens with zero attached hydrogens (tertiary/aromatic N) is 2. The number of carbonyl (C=O) groups excluding carboxylic acids is 1. The Labute approximate surface area is 170 Å². The number of anilines is 1. The predicted molar refractivity (Wildman–Crippen MR) is 108 cm³/mol. The van der Waals surface area contributed by atoms with E-state index in [2.05, 4.69) is 20.6 Å². The average molecular weight is 422 g/mol. The van der Waals surface area contributed by atoms with Crippen LogP contribution in [0.15, 0.2) is 42.6 Å². The minimum absolute atomic E-state index is 0.0150. The molecule has 0 saturated carbocycles. The lowest BCUT2D eigenvalue weighted by Crippen LogP contribution is -2.25. The van der Waals surface area contributed by atoms with Gasteiger partial charge in [0.15, 0.2) is 0 Å². The van der Waals surface area contributed by atoms with Crippen LogP contribution in [0.2, 0.25) is 0 Å². The summed E-state index contributed by atoms with van der Waals surface area (Å²) in [7, 11) is 0. The summed E-state index contributed by atoms with van der Waals surface area (Å²) in [6.07, 6.45) is -0.998. The monoisotopic (exact) mass is 422 g/mol. The van der Waals surface area contributed by atoms with Crippen LogP contribution in [0.4, 0.5) is 19.0 Å². The van der Waals surface area contributed by atoms with Gasteiger partial charge in [-0.25, -0.2) is 9.97 Å². The summed E-state index contributed by atoms with van der Waals surface area (Å²) in [4.78, 5) is 20.2. The largest absolute Gasteiger partial charge is 0.417 e. The van der Waals surface area contributed by atoms with E-state index in [0.717, 1.165) is 40.3 Å². The summed E-state index contributed by atoms with van der Waals surface area (Å²) in [6, 6.07) is 10.3. The lowest BCUT2D eigenvalue weighted by molar-refractivity contribution is -0.137. The quantitative estimate of drug-likeness (QED) is 0.493. The summed E-state index contributed by atoms with van der Waals surface area (Å²) in [5.74, 6) is 0.360. The fourth-order valence-electron chi connectivity index (χ4n) is 2.71. The van der Waals surface area contributed by atoms with Crippen molar-refractivity contribution in [2.24, 2.45) is 0 Å². The molecule has 29 heavy (non-hydrogen) atoms. The van der Waals surface area contributed by atoms with Crippen molar-refractivity contribution < 1.29 is 18.0 Å². The van der Waals surface area contributed by atoms with Crippen LogP contribution in [-0.4, -0.2) is 29.0 Å². The number of nitrogens with one attached hydrogen (secondary N) is 2. The van der Waals surface area contributed by atoms with Crippen molar-refractivity contribution in [2.45, 2.75) is 31.9 Å². The number of amides is 1. The Morgan fingerprint density at radius 1 is 1.07 bits per heavy atom. The van der Waals surface area contributed by atoms with Crippen LogP contribution >= 0.6 is 11.3 Å². The molecule has 3 aromatic rings. The summed E-state index contributed by atoms with van der Waals surface area (Å²) in [6.45, 7) is 0.998. The van der Waals surface area contributed by atoms with Gasteiger partial charge in [-0.15, -0.1) is 11.3 Å². The zero-order chi connectivity index (χ0) is 20.7. The molecule has 5 nitrogen and oxygen atoms in total. The second-order valence-corrected chi connectivity index (χ2v) is 7.60. The highest BCUT2D eigenvalue weighted by Gasteiger charge is 2.30. The maximum Gasteiger partial charge on any atom is 0.417 e. The van der Waals surface area contributed by atoms with Gasteiger partial charge in [-0.3, -0.25) is 4.79 Å². The second kappa shape index (κ2) is 9.69. The lowest BCUT2D eigenvalue weighted by Gasteiger charge is -2.09. The molecule has 2 heterocycles. The number of alkyl halides is 3. The normalized spacial score (nSPS) is 11.6. The molecule has 0 bridgehead atoms. The van der Waals surface area contributed by atoms with Crippen molar-refractivity contribution in [3.63, 3.8) is 0 Å². The van der Waals surface area contributed by atoms with E-state index in [4.69, 9.17) is 0 Å². The van der Waals surface area contributed by atoms with Crippen LogP contribution in [0.1, 0.15) is 29.8 Å². The SMILES string of the molecule is O=C(CCCc1nc2ccccc2s1)NCCCNc1ccc(C(F)(F)F)cn1. The van der Waals surface area contributed by atoms with Crippen LogP contribution in [0.3, 0.4) is 0 Å². The number of halogens is 3. The molecular weight excluding hydrogens is 401 g/mol. The molecule has 0 fully saturated rings. The van der Waals surface area contributed by atoms with E-state index in [0.29, 0.717) is 31.7 Å². The Bertz CT molecular complexity index is 908. The molecule has 0 aliphatic carbocycles. The molecule has 0 radical (unpaired) electrons. The number of hydrogen-bond donors (Lipinski definition) is 2. The van der Waals surface area contributed by atoms with Crippen LogP contribution in [0.25, 0.3) is 10.2 Å². The molecule has 2 N–H and O–H groups in total. The minimum atomic E-state index is -4.39. The van der Waals surface area contributed by atoms with Gasteiger partial charge in [0, 0.05) is 25.7 Å². The maximum absolute atomic E-state index is 12.5. The Morgan fingerprint density at radius 2 is 1.90 bits per heavy atom. The highest BCUT2D eigenvalue weighted by Crippen LogP contribution is 2.28. The molecule has 0 atom stereocenters. The number of thiazole rings is 1. The highest BCUT2D eigenvalue weighted by molar-refractivity contribution is 7.18. The van der Waals surface area contributed by atoms with E-state index < -0.39 is 11.7 Å². The van der Waals surface area contributed by atoms with Crippen molar-refractivity contribution in [1.29, 1.82) is 0 Å². The first-order chi connectivity index (χ1) is 13.9. The zero-order valence-corrected chi connectivity index (χ0v) is 16.4. The third-order valence-electron chi connectivity index (χ3n) is 4.21. The molecule has 0 unspecified atom stereocenters. The Hall–Kier alpha value is -2.68. The number of carbonyl (C=O) groups is 1. The number of para-hydroxylation sites is 1. The summed E-state index contributed by atoms with van der Waals surface area (Å²) < 4.78 is 38.6. The van der Waals surface area contributed by atoms with Gasteiger partial charge in [0.2, 0.25) is 5.91 Å². The number of hydrogen-bond acceptors (Lipinski definition) is 5. The molecule has 154 valence electrons. The standard InChI is InChI=1S/C20H21F3N4OS/c21-20(22,23)14-9-10-17(26-13-14)24-11-4-12-25-18(28)7-3-8-19-27-15-5-1-2-6-16(15)29-19/h1-2,5-6,9-10,13H,3-4,7-8,11-12H2,(H,24,26)(H,25,28). The smallest absolute Gasteiger partial charge is 0.370 e. The van der Waals surface area contributed by atoms with Gasteiger partial charge in [0.1, 0.15) is 5.82 Å². The van der Waals surface area contributed by atoms with E-state index in [1.54, 1.807) is 11.3 Å². The summed E-state index contributed by atoms with van der Waals surface area (Å²) in [5.41, 5.74) is 0.216. The minimum Gasteiger partial charge on any atom is -0.370 e. The van der Waals surface area contributed by atoms with Gasteiger partial charge in [-0.2, -0.15) is 13.2 Å². The number of aromatic nitrogens is 2. The van der Waals surface area contributed by atoms with Crippen LogP contribution in [0, 0.1) is 0 Å². The first-order valence-corrected chi connectivity index (χ1v) is 10.1. The third kappa shape index (κ3) is 6.42. The lowest BCUT2D eigenvalue weighted by atomic mass is 10.2. The predicted octanol–water partition coefficient (Wildman–Crippen LogP) is 4.65. The Morgan fingerprint density at radius 3 is 2.62 bits per heavy atom. The van der Waals surface area contributed by atoms with Gasteiger partial charge < -0.3 is 10.6 Å². The number of aryl methyl sites for hydroxylation is 1. The number of rotatable bonds is 9. The van der Waals surface area contributed by atoms with Crippen molar-refractivity contribution in [2.75, 3.05) is 18.4 Å². The molecule has 9 heteroatoms. The Kier molecular flexibility index (Phi) is 7.03. The van der Waals surface area contributed by atoms with Gasteiger partial charge in [0.25, 0.3) is 0 Å². The second-order valence-electron chi connectivity index (χ2n) is 6.49. The van der Waals surface area contributed by atoms with Gasteiger partial charge in [0.05, 0.1) is 20.8 Å². The van der Waals surface area contributed by atoms with E-state index in [1.165, 1.54) is 6.07 Å². The van der Waals surface area contributed by atoms with Gasteiger partial charge >= 0.3 is 6.18 Å². The molecule has 0 aliphatic heterocycles. The van der Waals surface area contributed by atoms with Gasteiger partial charge in [-0.1, -0.05) is 12.1 Å². The molecule has 2 aromatic heterocycles. The summed E-state index contributed by atoms with van der Waals surface area (Å²) in [5, 5.41) is 6.82. The van der Waals surface area contributed by atoms with Gasteiger partial charge in [-0.05, 0) is 43.5 Å². The zero-order valence-electron chi connectivity index (χ0n) is 15.6. The molecule has 1 aromatic carbocycles. The number of benzene rings is 1. The summed E-state index contributed by atoms with van der Waals surface area (Å²) >= 11 is 1.65. The van der Waals surface area contributed by atoms with Crippen molar-refractivity contribution in [3.8, 4) is 0 Å². The highest BCUT2D eigenvalue weighted by atomic mass is 32.1. The van der Waals surface area contributed by atoms with Crippen LogP contribution < -0.4 is 10.6 Å². The van der Waals surface area contributed by atoms with E-state index in [-0.39, 0.29) is 5.91 Å². The average Bonchev–Trinajstić information content (AvgIpc) is 3.10. The van der Waals surface area contributed by atoms with Crippen LogP contribution in [-0.2, 0) is 17.4 Å². The molecule has 3 rings (SSSR count). The maximum atomic E-state index is 12.5.